The van der Waals surface area contributed by atoms with Gasteiger partial charge in [0.2, 0.25) is 0 Å². The molecule has 44 heavy (non-hydrogen) atoms. The molecule has 1 aliphatic heterocycles. The van der Waals surface area contributed by atoms with Crippen LogP contribution in [0.3, 0.4) is 0 Å². The molecule has 1 aliphatic rings. The van der Waals surface area contributed by atoms with E-state index >= 15 is 0 Å². The van der Waals surface area contributed by atoms with Gasteiger partial charge in [-0.15, -0.1) is 0 Å². The maximum Gasteiger partial charge on any atom is 0.338 e. The molecule has 15 nitrogen and oxygen atoms in total. The molecular formula is C28H23N3O12S. The second-order valence-corrected chi connectivity index (χ2v) is 11.9. The topological polar surface area (TPSA) is 210 Å². The summed E-state index contributed by atoms with van der Waals surface area (Å²) in [4.78, 5) is 74.3. The maximum atomic E-state index is 13.4. The number of nitro groups is 2. The monoisotopic (exact) mass is 625 g/mol. The lowest BCUT2D eigenvalue weighted by molar-refractivity contribution is -0.386. The van der Waals surface area contributed by atoms with Crippen molar-refractivity contribution < 1.29 is 46.9 Å². The summed E-state index contributed by atoms with van der Waals surface area (Å²) >= 11 is 0. The number of amides is 2. The van der Waals surface area contributed by atoms with E-state index in [-0.39, 0.29) is 39.2 Å². The standard InChI is InChI=1S/C28H23N3O12S/c1-44(40,41)13-12-24(28(35)43-16-19-7-3-5-9-23(19)31(38)39)29-25(32)20-11-10-17(14-21(20)26(29)33)27(34)42-15-18-6-2-4-8-22(18)30(36)37/h2-11,14,24H,12-13,15-16H2,1H3/t24-/m1/s1. The second kappa shape index (κ2) is 12.8. The van der Waals surface area contributed by atoms with E-state index in [0.29, 0.717) is 4.90 Å². The Morgan fingerprint density at radius 2 is 1.34 bits per heavy atom. The minimum absolute atomic E-state index is 0.0269. The fourth-order valence-corrected chi connectivity index (χ4v) is 5.09. The number of nitrogens with zero attached hydrogens (tertiary/aromatic N) is 3. The first-order valence-corrected chi connectivity index (χ1v) is 14.8. The van der Waals surface area contributed by atoms with Crippen LogP contribution in [0, 0.1) is 20.2 Å². The van der Waals surface area contributed by atoms with Crippen molar-refractivity contribution in [2.24, 2.45) is 0 Å². The quantitative estimate of drug-likeness (QED) is 0.123. The number of carbonyl (C=O) groups is 4. The highest BCUT2D eigenvalue weighted by atomic mass is 32.2. The van der Waals surface area contributed by atoms with Crippen LogP contribution in [-0.4, -0.2) is 65.0 Å². The summed E-state index contributed by atoms with van der Waals surface area (Å²) in [5, 5.41) is 22.5. The van der Waals surface area contributed by atoms with Gasteiger partial charge < -0.3 is 9.47 Å². The number of carbonyl (C=O) groups excluding carboxylic acids is 4. The number of imide groups is 1. The molecule has 2 amide bonds. The lowest BCUT2D eigenvalue weighted by Gasteiger charge is -2.24. The highest BCUT2D eigenvalue weighted by Crippen LogP contribution is 2.29. The second-order valence-electron chi connectivity index (χ2n) is 9.63. The zero-order valence-corrected chi connectivity index (χ0v) is 23.7. The van der Waals surface area contributed by atoms with Crippen molar-refractivity contribution in [3.63, 3.8) is 0 Å². The minimum Gasteiger partial charge on any atom is -0.459 e. The van der Waals surface area contributed by atoms with E-state index < -0.39 is 74.9 Å². The molecule has 0 bridgehead atoms. The highest BCUT2D eigenvalue weighted by Gasteiger charge is 2.44. The van der Waals surface area contributed by atoms with Crippen LogP contribution in [0.1, 0.15) is 48.6 Å². The molecule has 0 saturated carbocycles. The summed E-state index contributed by atoms with van der Waals surface area (Å²) in [6.45, 7) is -1.05. The van der Waals surface area contributed by atoms with Crippen molar-refractivity contribution in [3.05, 3.63) is 115 Å². The van der Waals surface area contributed by atoms with Gasteiger partial charge in [0.05, 0.1) is 43.4 Å². The van der Waals surface area contributed by atoms with Gasteiger partial charge in [-0.25, -0.2) is 18.0 Å². The van der Waals surface area contributed by atoms with Crippen LogP contribution < -0.4 is 0 Å². The molecule has 3 aromatic carbocycles. The number of para-hydroxylation sites is 2. The van der Waals surface area contributed by atoms with Crippen LogP contribution in [0.15, 0.2) is 66.7 Å². The van der Waals surface area contributed by atoms with Crippen LogP contribution in [0.5, 0.6) is 0 Å². The van der Waals surface area contributed by atoms with Crippen LogP contribution in [0.25, 0.3) is 0 Å². The van der Waals surface area contributed by atoms with Crippen molar-refractivity contribution in [1.29, 1.82) is 0 Å². The number of sulfone groups is 1. The first-order chi connectivity index (χ1) is 20.8. The molecule has 16 heteroatoms. The van der Waals surface area contributed by atoms with E-state index in [1.165, 1.54) is 54.6 Å². The summed E-state index contributed by atoms with van der Waals surface area (Å²) in [7, 11) is -3.68. The summed E-state index contributed by atoms with van der Waals surface area (Å²) in [5.74, 6) is -4.70. The number of hydrogen-bond donors (Lipinski definition) is 0. The normalized spacial score (nSPS) is 13.2. The molecule has 0 N–H and O–H groups in total. The molecule has 0 aliphatic carbocycles. The first-order valence-electron chi connectivity index (χ1n) is 12.8. The van der Waals surface area contributed by atoms with Gasteiger partial charge in [-0.2, -0.15) is 0 Å². The van der Waals surface area contributed by atoms with E-state index in [2.05, 4.69) is 0 Å². The molecule has 1 heterocycles. The highest BCUT2D eigenvalue weighted by molar-refractivity contribution is 7.90. The van der Waals surface area contributed by atoms with Crippen LogP contribution >= 0.6 is 0 Å². The van der Waals surface area contributed by atoms with E-state index in [1.807, 2.05) is 0 Å². The predicted octanol–water partition coefficient (Wildman–Crippen LogP) is 3.00. The average molecular weight is 626 g/mol. The van der Waals surface area contributed by atoms with Crippen molar-refractivity contribution in [1.82, 2.24) is 4.90 Å². The van der Waals surface area contributed by atoms with Crippen molar-refractivity contribution in [2.45, 2.75) is 25.7 Å². The fraction of sp³-hybridized carbons (Fsp3) is 0.214. The van der Waals surface area contributed by atoms with Gasteiger partial charge in [0.1, 0.15) is 29.1 Å². The summed E-state index contributed by atoms with van der Waals surface area (Å²) in [5.41, 5.74) is -1.07. The molecule has 0 saturated heterocycles. The first kappa shape index (κ1) is 31.4. The Bertz CT molecular complexity index is 1800. The Kier molecular flexibility index (Phi) is 9.13. The van der Waals surface area contributed by atoms with Crippen LogP contribution in [-0.2, 0) is 37.3 Å². The number of fused-ring (bicyclic) bond motifs is 1. The number of hydrogen-bond acceptors (Lipinski definition) is 12. The maximum absolute atomic E-state index is 13.4. The lowest BCUT2D eigenvalue weighted by atomic mass is 10.1. The zero-order valence-electron chi connectivity index (χ0n) is 22.9. The number of ether oxygens (including phenoxy) is 2. The third kappa shape index (κ3) is 6.92. The number of benzene rings is 3. The van der Waals surface area contributed by atoms with Gasteiger partial charge in [0, 0.05) is 18.4 Å². The average Bonchev–Trinajstić information content (AvgIpc) is 3.23. The molecule has 0 aromatic heterocycles. The Hall–Kier alpha value is -5.51. The third-order valence-electron chi connectivity index (χ3n) is 6.60. The number of rotatable bonds is 12. The largest absolute Gasteiger partial charge is 0.459 e. The Morgan fingerprint density at radius 3 is 1.89 bits per heavy atom. The predicted molar refractivity (Wildman–Crippen MR) is 150 cm³/mol. The number of esters is 2. The molecule has 1 atom stereocenters. The van der Waals surface area contributed by atoms with Crippen molar-refractivity contribution >= 4 is 45.0 Å². The zero-order chi connectivity index (χ0) is 32.2. The summed E-state index contributed by atoms with van der Waals surface area (Å²) < 4.78 is 34.2. The van der Waals surface area contributed by atoms with Crippen LogP contribution in [0.4, 0.5) is 11.4 Å². The van der Waals surface area contributed by atoms with E-state index in [4.69, 9.17) is 9.47 Å². The number of nitro benzene ring substituents is 2. The van der Waals surface area contributed by atoms with Gasteiger partial charge in [0.25, 0.3) is 23.2 Å². The van der Waals surface area contributed by atoms with Gasteiger partial charge in [-0.3, -0.25) is 34.7 Å². The van der Waals surface area contributed by atoms with Crippen molar-refractivity contribution in [2.75, 3.05) is 12.0 Å². The van der Waals surface area contributed by atoms with Gasteiger partial charge >= 0.3 is 11.9 Å². The Balaban J connectivity index is 1.56. The molecule has 0 spiro atoms. The van der Waals surface area contributed by atoms with Crippen LogP contribution in [0.2, 0.25) is 0 Å². The molecule has 0 radical (unpaired) electrons. The summed E-state index contributed by atoms with van der Waals surface area (Å²) in [6.07, 6.45) is 0.373. The Morgan fingerprint density at radius 1 is 0.818 bits per heavy atom. The van der Waals surface area contributed by atoms with E-state index in [9.17, 15) is 47.8 Å². The van der Waals surface area contributed by atoms with Crippen molar-refractivity contribution in [3.8, 4) is 0 Å². The Labute approximate surface area is 249 Å². The van der Waals surface area contributed by atoms with E-state index in [0.717, 1.165) is 18.4 Å². The molecule has 0 fully saturated rings. The van der Waals surface area contributed by atoms with Gasteiger partial charge in [0.15, 0.2) is 0 Å². The molecule has 0 unspecified atom stereocenters. The molecular weight excluding hydrogens is 602 g/mol. The third-order valence-corrected chi connectivity index (χ3v) is 7.58. The van der Waals surface area contributed by atoms with E-state index in [1.54, 1.807) is 0 Å². The van der Waals surface area contributed by atoms with Gasteiger partial charge in [-0.05, 0) is 36.8 Å². The fourth-order valence-electron chi connectivity index (χ4n) is 4.44. The minimum atomic E-state index is -3.68. The molecule has 4 rings (SSSR count). The molecule has 3 aromatic rings. The molecule has 228 valence electrons. The SMILES string of the molecule is CS(=O)(=O)CC[C@H](C(=O)OCc1ccccc1[N+](=O)[O-])N1C(=O)c2ccc(C(=O)OCc3ccccc3[N+](=O)[O-])cc2C1=O. The summed E-state index contributed by atoms with van der Waals surface area (Å²) in [6, 6.07) is 12.7. The lowest BCUT2D eigenvalue weighted by Crippen LogP contribution is -2.46. The smallest absolute Gasteiger partial charge is 0.338 e. The van der Waals surface area contributed by atoms with Gasteiger partial charge in [-0.1, -0.05) is 24.3 Å².